The van der Waals surface area contributed by atoms with Crippen molar-refractivity contribution in [3.63, 3.8) is 0 Å². The summed E-state index contributed by atoms with van der Waals surface area (Å²) in [5, 5.41) is 0. The van der Waals surface area contributed by atoms with Crippen LogP contribution in [0.4, 0.5) is 0 Å². The van der Waals surface area contributed by atoms with Gasteiger partial charge in [0, 0.05) is 0 Å². The molecule has 2 aliphatic carbocycles. The molecule has 0 radical (unpaired) electrons. The van der Waals surface area contributed by atoms with E-state index >= 15 is 0 Å². The largest absolute Gasteiger partial charge is 0.0588 e. The lowest BCUT2D eigenvalue weighted by Crippen LogP contribution is -2.20. The molecule has 10 heavy (non-hydrogen) atoms. The fraction of sp³-hybridized carbons (Fsp3) is 1.00. The first-order valence-electron chi connectivity index (χ1n) is 4.46. The Morgan fingerprint density at radius 3 is 1.20 bits per heavy atom. The molecule has 0 atom stereocenters. The van der Waals surface area contributed by atoms with E-state index in [1.165, 1.54) is 19.3 Å². The molecule has 2 fully saturated rings. The predicted octanol–water partition coefficient (Wildman–Crippen LogP) is 3.22. The molecule has 2 aliphatic rings. The first-order valence-corrected chi connectivity index (χ1v) is 4.46. The van der Waals surface area contributed by atoms with Crippen molar-refractivity contribution >= 4 is 0 Å². The van der Waals surface area contributed by atoms with Crippen LogP contribution in [0.3, 0.4) is 0 Å². The molecule has 0 amide bonds. The average molecular weight is 138 g/mol. The Bertz CT molecular complexity index is 154. The Morgan fingerprint density at radius 2 is 1.20 bits per heavy atom. The van der Waals surface area contributed by atoms with E-state index in [2.05, 4.69) is 27.7 Å². The number of hydrogen-bond acceptors (Lipinski definition) is 0. The van der Waals surface area contributed by atoms with Crippen molar-refractivity contribution in [1.29, 1.82) is 0 Å². The van der Waals surface area contributed by atoms with Crippen LogP contribution in [0.5, 0.6) is 0 Å². The molecule has 2 rings (SSSR count). The maximum absolute atomic E-state index is 2.44. The predicted molar refractivity (Wildman–Crippen MR) is 43.8 cm³/mol. The van der Waals surface area contributed by atoms with Crippen molar-refractivity contribution in [2.75, 3.05) is 0 Å². The van der Waals surface area contributed by atoms with Crippen molar-refractivity contribution in [2.45, 2.75) is 47.0 Å². The fourth-order valence-corrected chi connectivity index (χ4v) is 3.33. The Labute approximate surface area is 64.0 Å². The minimum Gasteiger partial charge on any atom is -0.0588 e. The summed E-state index contributed by atoms with van der Waals surface area (Å²) in [4.78, 5) is 0. The Hall–Kier alpha value is 0. The normalized spacial score (nSPS) is 37.2. The van der Waals surface area contributed by atoms with Crippen LogP contribution < -0.4 is 0 Å². The van der Waals surface area contributed by atoms with Gasteiger partial charge in [-0.2, -0.15) is 0 Å². The van der Waals surface area contributed by atoms with Gasteiger partial charge < -0.3 is 0 Å². The van der Waals surface area contributed by atoms with E-state index in [0.717, 1.165) is 5.41 Å². The monoisotopic (exact) mass is 138 g/mol. The van der Waals surface area contributed by atoms with Crippen LogP contribution in [0.25, 0.3) is 0 Å². The molecular formula is C10H18. The summed E-state index contributed by atoms with van der Waals surface area (Å²) in [6, 6.07) is 0. The maximum Gasteiger partial charge on any atom is -0.0184 e. The second kappa shape index (κ2) is 1.31. The molecule has 1 spiro atoms. The second-order valence-electron chi connectivity index (χ2n) is 5.19. The third-order valence-corrected chi connectivity index (χ3v) is 5.10. The summed E-state index contributed by atoms with van der Waals surface area (Å²) in [7, 11) is 0. The minimum atomic E-state index is 0.637. The molecule has 0 nitrogen and oxygen atoms in total. The first kappa shape index (κ1) is 6.69. The lowest BCUT2D eigenvalue weighted by atomic mass is 9.74. The van der Waals surface area contributed by atoms with Crippen LogP contribution in [-0.4, -0.2) is 0 Å². The summed E-state index contributed by atoms with van der Waals surface area (Å²) in [5.41, 5.74) is 2.04. The third kappa shape index (κ3) is 0.360. The highest BCUT2D eigenvalue weighted by Gasteiger charge is 2.77. The molecule has 0 aromatic carbocycles. The van der Waals surface area contributed by atoms with Gasteiger partial charge in [-0.3, -0.25) is 0 Å². The number of hydrogen-bond donors (Lipinski definition) is 0. The van der Waals surface area contributed by atoms with Gasteiger partial charge in [0.05, 0.1) is 0 Å². The summed E-state index contributed by atoms with van der Waals surface area (Å²) in [6.45, 7) is 9.75. The van der Waals surface area contributed by atoms with Crippen molar-refractivity contribution in [3.8, 4) is 0 Å². The molecule has 0 bridgehead atoms. The third-order valence-electron chi connectivity index (χ3n) is 5.10. The van der Waals surface area contributed by atoms with Gasteiger partial charge in [0.15, 0.2) is 0 Å². The maximum atomic E-state index is 2.44. The molecule has 0 N–H and O–H groups in total. The van der Waals surface area contributed by atoms with Crippen LogP contribution in [0.15, 0.2) is 0 Å². The van der Waals surface area contributed by atoms with E-state index < -0.39 is 0 Å². The van der Waals surface area contributed by atoms with E-state index in [-0.39, 0.29) is 0 Å². The van der Waals surface area contributed by atoms with Gasteiger partial charge in [-0.1, -0.05) is 34.1 Å². The van der Waals surface area contributed by atoms with E-state index in [4.69, 9.17) is 0 Å². The van der Waals surface area contributed by atoms with Crippen LogP contribution >= 0.6 is 0 Å². The van der Waals surface area contributed by atoms with Crippen LogP contribution in [-0.2, 0) is 0 Å². The summed E-state index contributed by atoms with van der Waals surface area (Å²) in [5.74, 6) is 0. The molecule has 0 aromatic heterocycles. The Kier molecular flexibility index (Phi) is 0.874. The summed E-state index contributed by atoms with van der Waals surface area (Å²) < 4.78 is 0. The lowest BCUT2D eigenvalue weighted by molar-refractivity contribution is 0.199. The van der Waals surface area contributed by atoms with Gasteiger partial charge in [0.2, 0.25) is 0 Å². The molecule has 0 heteroatoms. The minimum absolute atomic E-state index is 0.637. The summed E-state index contributed by atoms with van der Waals surface area (Å²) in [6.07, 6.45) is 4.47. The molecule has 58 valence electrons. The Morgan fingerprint density at radius 1 is 0.800 bits per heavy atom. The quantitative estimate of drug-likeness (QED) is 0.482. The highest BCUT2D eigenvalue weighted by atomic mass is 14.8. The van der Waals surface area contributed by atoms with Gasteiger partial charge in [-0.25, -0.2) is 0 Å². The number of rotatable bonds is 0. The van der Waals surface area contributed by atoms with Gasteiger partial charge in [-0.05, 0) is 29.1 Å². The fourth-order valence-electron chi connectivity index (χ4n) is 3.33. The molecule has 0 saturated heterocycles. The highest BCUT2D eigenvalue weighted by Crippen LogP contribution is 2.85. The highest BCUT2D eigenvalue weighted by molar-refractivity contribution is 5.26. The molecule has 0 aromatic rings. The van der Waals surface area contributed by atoms with Crippen molar-refractivity contribution in [3.05, 3.63) is 0 Å². The molecule has 0 heterocycles. The van der Waals surface area contributed by atoms with E-state index in [9.17, 15) is 0 Å². The van der Waals surface area contributed by atoms with E-state index in [1.807, 2.05) is 0 Å². The zero-order valence-corrected chi connectivity index (χ0v) is 7.62. The SMILES string of the molecule is CC1(C)C(C)(C)C12CCC2. The van der Waals surface area contributed by atoms with Gasteiger partial charge in [0.1, 0.15) is 0 Å². The zero-order chi connectivity index (χ0) is 7.62. The van der Waals surface area contributed by atoms with Crippen molar-refractivity contribution < 1.29 is 0 Å². The topological polar surface area (TPSA) is 0 Å². The van der Waals surface area contributed by atoms with Crippen LogP contribution in [0.2, 0.25) is 0 Å². The lowest BCUT2D eigenvalue weighted by Gasteiger charge is -2.31. The second-order valence-corrected chi connectivity index (χ2v) is 5.19. The van der Waals surface area contributed by atoms with Crippen LogP contribution in [0, 0.1) is 16.2 Å². The molecular weight excluding hydrogens is 120 g/mol. The standard InChI is InChI=1S/C10H18/c1-8(2)9(3,4)10(8)6-5-7-10/h5-7H2,1-4H3. The summed E-state index contributed by atoms with van der Waals surface area (Å²) >= 11 is 0. The van der Waals surface area contributed by atoms with E-state index in [0.29, 0.717) is 10.8 Å². The van der Waals surface area contributed by atoms with Gasteiger partial charge >= 0.3 is 0 Å². The van der Waals surface area contributed by atoms with Gasteiger partial charge in [-0.15, -0.1) is 0 Å². The molecule has 0 aliphatic heterocycles. The molecule has 2 saturated carbocycles. The van der Waals surface area contributed by atoms with Crippen molar-refractivity contribution in [2.24, 2.45) is 16.2 Å². The van der Waals surface area contributed by atoms with Crippen LogP contribution in [0.1, 0.15) is 47.0 Å². The van der Waals surface area contributed by atoms with Crippen molar-refractivity contribution in [1.82, 2.24) is 0 Å². The van der Waals surface area contributed by atoms with Gasteiger partial charge in [0.25, 0.3) is 0 Å². The first-order chi connectivity index (χ1) is 4.46. The van der Waals surface area contributed by atoms with E-state index in [1.54, 1.807) is 0 Å². The average Bonchev–Trinajstić information content (AvgIpc) is 1.91. The smallest absolute Gasteiger partial charge is 0.0184 e. The Balaban J connectivity index is 2.30. The molecule has 0 unspecified atom stereocenters. The zero-order valence-electron chi connectivity index (χ0n) is 7.62.